The van der Waals surface area contributed by atoms with Crippen LogP contribution in [0.2, 0.25) is 0 Å². The highest BCUT2D eigenvalue weighted by atomic mass is 14.3. The van der Waals surface area contributed by atoms with Gasteiger partial charge >= 0.3 is 0 Å². The molecule has 0 rings (SSSR count). The quantitative estimate of drug-likeness (QED) is 0.495. The van der Waals surface area contributed by atoms with Crippen LogP contribution >= 0.6 is 0 Å². The Bertz CT molecular complexity index is 113. The van der Waals surface area contributed by atoms with Crippen LogP contribution in [0.4, 0.5) is 0 Å². The Morgan fingerprint density at radius 3 is 2.23 bits per heavy atom. The van der Waals surface area contributed by atoms with E-state index >= 15 is 0 Å². The van der Waals surface area contributed by atoms with Gasteiger partial charge in [0.2, 0.25) is 0 Å². The average molecular weight is 183 g/mol. The second-order valence-corrected chi connectivity index (χ2v) is 4.86. The first-order chi connectivity index (χ1) is 6.04. The fourth-order valence-electron chi connectivity index (χ4n) is 1.53. The van der Waals surface area contributed by atoms with Crippen molar-refractivity contribution in [3.8, 4) is 0 Å². The fraction of sp³-hybridized carbons (Fsp3) is 0.923. The standard InChI is InChI=1S/C13H27/c1-6-8-9-10-11-12(3)13(4,5)7-2/h7,12H,6,8-11H2,1-5H3. The highest BCUT2D eigenvalue weighted by molar-refractivity contribution is 4.85. The van der Waals surface area contributed by atoms with E-state index in [-0.39, 0.29) is 0 Å². The van der Waals surface area contributed by atoms with E-state index in [0.717, 1.165) is 5.92 Å². The smallest absolute Gasteiger partial charge is 0.0300 e. The molecule has 0 aliphatic heterocycles. The van der Waals surface area contributed by atoms with E-state index in [0.29, 0.717) is 5.41 Å². The molecule has 0 aromatic rings. The van der Waals surface area contributed by atoms with Crippen LogP contribution in [-0.4, -0.2) is 0 Å². The van der Waals surface area contributed by atoms with Crippen LogP contribution in [-0.2, 0) is 0 Å². The molecule has 79 valence electrons. The highest BCUT2D eigenvalue weighted by Crippen LogP contribution is 2.32. The number of hydrogen-bond donors (Lipinski definition) is 0. The van der Waals surface area contributed by atoms with Gasteiger partial charge in [0.05, 0.1) is 0 Å². The minimum absolute atomic E-state index is 0.423. The van der Waals surface area contributed by atoms with Crippen molar-refractivity contribution < 1.29 is 0 Å². The molecule has 0 aliphatic rings. The van der Waals surface area contributed by atoms with Crippen molar-refractivity contribution in [2.75, 3.05) is 0 Å². The van der Waals surface area contributed by atoms with E-state index < -0.39 is 0 Å². The summed E-state index contributed by atoms with van der Waals surface area (Å²) in [7, 11) is 0. The van der Waals surface area contributed by atoms with E-state index in [1.807, 2.05) is 0 Å². The molecule has 1 atom stereocenters. The molecule has 0 aromatic heterocycles. The molecule has 0 saturated heterocycles. The number of rotatable bonds is 7. The molecule has 0 heteroatoms. The highest BCUT2D eigenvalue weighted by Gasteiger charge is 2.22. The van der Waals surface area contributed by atoms with Crippen molar-refractivity contribution in [3.63, 3.8) is 0 Å². The normalized spacial score (nSPS) is 14.5. The van der Waals surface area contributed by atoms with Crippen molar-refractivity contribution in [1.82, 2.24) is 0 Å². The summed E-state index contributed by atoms with van der Waals surface area (Å²) in [4.78, 5) is 0. The zero-order chi connectivity index (χ0) is 10.3. The molecular weight excluding hydrogens is 156 g/mol. The SMILES string of the molecule is C[CH]C(C)(C)C(C)CCCCCC. The third-order valence-corrected chi connectivity index (χ3v) is 3.50. The summed E-state index contributed by atoms with van der Waals surface area (Å²) in [6.07, 6.45) is 9.31. The van der Waals surface area contributed by atoms with Crippen LogP contribution in [0.5, 0.6) is 0 Å². The minimum Gasteiger partial charge on any atom is -0.0654 e. The van der Waals surface area contributed by atoms with Crippen LogP contribution in [0.3, 0.4) is 0 Å². The van der Waals surface area contributed by atoms with Gasteiger partial charge in [-0.3, -0.25) is 0 Å². The Morgan fingerprint density at radius 2 is 1.77 bits per heavy atom. The Hall–Kier alpha value is 0. The summed E-state index contributed by atoms with van der Waals surface area (Å²) in [5.41, 5.74) is 0.423. The van der Waals surface area contributed by atoms with Gasteiger partial charge in [0.15, 0.2) is 0 Å². The van der Waals surface area contributed by atoms with Gasteiger partial charge in [-0.2, -0.15) is 0 Å². The molecule has 0 amide bonds. The van der Waals surface area contributed by atoms with E-state index in [1.54, 1.807) is 0 Å². The van der Waals surface area contributed by atoms with E-state index in [4.69, 9.17) is 0 Å². The summed E-state index contributed by atoms with van der Waals surface area (Å²) >= 11 is 0. The molecule has 0 bridgehead atoms. The lowest BCUT2D eigenvalue weighted by molar-refractivity contribution is 0.258. The third kappa shape index (κ3) is 5.33. The molecule has 1 unspecified atom stereocenters. The largest absolute Gasteiger partial charge is 0.0654 e. The van der Waals surface area contributed by atoms with Gasteiger partial charge < -0.3 is 0 Å². The Balaban J connectivity index is 3.55. The van der Waals surface area contributed by atoms with Gasteiger partial charge in [0.25, 0.3) is 0 Å². The predicted molar refractivity (Wildman–Crippen MR) is 61.7 cm³/mol. The van der Waals surface area contributed by atoms with Crippen LogP contribution in [0.25, 0.3) is 0 Å². The van der Waals surface area contributed by atoms with Crippen molar-refractivity contribution in [2.24, 2.45) is 11.3 Å². The zero-order valence-corrected chi connectivity index (χ0v) is 10.2. The first-order valence-corrected chi connectivity index (χ1v) is 5.85. The molecule has 13 heavy (non-hydrogen) atoms. The van der Waals surface area contributed by atoms with Crippen LogP contribution in [0, 0.1) is 17.8 Å². The summed E-state index contributed by atoms with van der Waals surface area (Å²) in [5, 5.41) is 0. The summed E-state index contributed by atoms with van der Waals surface area (Å²) in [6.45, 7) is 11.5. The zero-order valence-electron chi connectivity index (χ0n) is 10.2. The summed E-state index contributed by atoms with van der Waals surface area (Å²) in [5.74, 6) is 0.828. The molecule has 1 radical (unpaired) electrons. The average Bonchev–Trinajstić information content (AvgIpc) is 2.12. The third-order valence-electron chi connectivity index (χ3n) is 3.50. The molecule has 0 aliphatic carbocycles. The number of hydrogen-bond acceptors (Lipinski definition) is 0. The van der Waals surface area contributed by atoms with E-state index in [9.17, 15) is 0 Å². The lowest BCUT2D eigenvalue weighted by Gasteiger charge is -2.30. The second-order valence-electron chi connectivity index (χ2n) is 4.86. The first kappa shape index (κ1) is 13.0. The van der Waals surface area contributed by atoms with E-state index in [1.165, 1.54) is 32.1 Å². The maximum Gasteiger partial charge on any atom is -0.0300 e. The van der Waals surface area contributed by atoms with Crippen LogP contribution in [0.1, 0.15) is 66.7 Å². The maximum atomic E-state index is 2.38. The van der Waals surface area contributed by atoms with Gasteiger partial charge in [-0.25, -0.2) is 0 Å². The van der Waals surface area contributed by atoms with E-state index in [2.05, 4.69) is 41.0 Å². The van der Waals surface area contributed by atoms with Crippen molar-refractivity contribution in [2.45, 2.75) is 66.7 Å². The molecule has 0 saturated carbocycles. The summed E-state index contributed by atoms with van der Waals surface area (Å²) < 4.78 is 0. The lowest BCUT2D eigenvalue weighted by Crippen LogP contribution is -2.20. The van der Waals surface area contributed by atoms with Gasteiger partial charge in [-0.05, 0) is 17.8 Å². The first-order valence-electron chi connectivity index (χ1n) is 5.85. The molecule has 0 fully saturated rings. The molecule has 0 aromatic carbocycles. The Labute approximate surface area is 85.1 Å². The molecule has 0 N–H and O–H groups in total. The van der Waals surface area contributed by atoms with Gasteiger partial charge in [-0.15, -0.1) is 0 Å². The maximum absolute atomic E-state index is 2.38. The van der Waals surface area contributed by atoms with Gasteiger partial charge in [0, 0.05) is 0 Å². The second kappa shape index (κ2) is 6.45. The van der Waals surface area contributed by atoms with Gasteiger partial charge in [0.1, 0.15) is 0 Å². The predicted octanol–water partition coefficient (Wildman–Crippen LogP) is 4.84. The van der Waals surface area contributed by atoms with Crippen molar-refractivity contribution in [3.05, 3.63) is 6.42 Å². The summed E-state index contributed by atoms with van der Waals surface area (Å²) in [6, 6.07) is 0. The lowest BCUT2D eigenvalue weighted by atomic mass is 9.75. The van der Waals surface area contributed by atoms with Crippen LogP contribution < -0.4 is 0 Å². The Morgan fingerprint density at radius 1 is 1.15 bits per heavy atom. The Kier molecular flexibility index (Phi) is 6.45. The van der Waals surface area contributed by atoms with Crippen LogP contribution in [0.15, 0.2) is 0 Å². The fourth-order valence-corrected chi connectivity index (χ4v) is 1.53. The van der Waals surface area contributed by atoms with Crippen molar-refractivity contribution in [1.29, 1.82) is 0 Å². The number of unbranched alkanes of at least 4 members (excludes halogenated alkanes) is 3. The topological polar surface area (TPSA) is 0 Å². The van der Waals surface area contributed by atoms with Crippen molar-refractivity contribution >= 4 is 0 Å². The van der Waals surface area contributed by atoms with Gasteiger partial charge in [-0.1, -0.05) is 66.7 Å². The molecule has 0 heterocycles. The molecule has 0 spiro atoms. The molecule has 0 nitrogen and oxygen atoms in total. The minimum atomic E-state index is 0.423. The monoisotopic (exact) mass is 183 g/mol. The molecular formula is C13H27.